The quantitative estimate of drug-likeness (QED) is 0.849. The van der Waals surface area contributed by atoms with E-state index in [-0.39, 0.29) is 0 Å². The summed E-state index contributed by atoms with van der Waals surface area (Å²) < 4.78 is 2.28. The summed E-state index contributed by atoms with van der Waals surface area (Å²) in [6.07, 6.45) is 0. The van der Waals surface area contributed by atoms with E-state index in [1.807, 2.05) is 0 Å². The van der Waals surface area contributed by atoms with Crippen molar-refractivity contribution >= 4 is 29.6 Å². The molecule has 98 valence electrons. The smallest absolute Gasteiger partial charge is 0.163 e. The van der Waals surface area contributed by atoms with Crippen molar-refractivity contribution in [3.63, 3.8) is 0 Å². The monoisotopic (exact) mass is 264 g/mol. The Morgan fingerprint density at radius 1 is 0.944 bits per heavy atom. The molecule has 0 aliphatic rings. The molecule has 0 bridgehead atoms. The molecule has 1 heterocycles. The maximum Gasteiger partial charge on any atom is 0.163 e. The molecule has 1 aromatic heterocycles. The van der Waals surface area contributed by atoms with Gasteiger partial charge in [0, 0.05) is 46.7 Å². The number of benzene rings is 1. The van der Waals surface area contributed by atoms with E-state index in [1.54, 1.807) is 0 Å². The normalized spacial score (nSPS) is 12.3. The van der Waals surface area contributed by atoms with Crippen LogP contribution >= 0.6 is 7.68 Å². The SMILES string of the molecule is CN(C)c1ccc2nc(N(C)C)p(N(C)C)c2c1. The lowest BCUT2D eigenvalue weighted by molar-refractivity contribution is 1.11. The third-order valence-electron chi connectivity index (χ3n) is 2.91. The van der Waals surface area contributed by atoms with E-state index >= 15 is 0 Å². The Morgan fingerprint density at radius 2 is 1.61 bits per heavy atom. The Labute approximate surface area is 110 Å². The van der Waals surface area contributed by atoms with Gasteiger partial charge in [0.1, 0.15) is 0 Å². The summed E-state index contributed by atoms with van der Waals surface area (Å²) in [6.45, 7) is 0. The van der Waals surface area contributed by atoms with Crippen LogP contribution in [-0.4, -0.2) is 47.3 Å². The highest BCUT2D eigenvalue weighted by molar-refractivity contribution is 7.60. The fraction of sp³-hybridized carbons (Fsp3) is 0.462. The summed E-state index contributed by atoms with van der Waals surface area (Å²) in [5.74, 6) is 0. The third kappa shape index (κ3) is 2.18. The van der Waals surface area contributed by atoms with Crippen molar-refractivity contribution in [2.75, 3.05) is 56.8 Å². The Bertz CT molecular complexity index is 557. The van der Waals surface area contributed by atoms with Crippen LogP contribution in [0.5, 0.6) is 0 Å². The van der Waals surface area contributed by atoms with Crippen molar-refractivity contribution < 1.29 is 0 Å². The predicted molar refractivity (Wildman–Crippen MR) is 83.2 cm³/mol. The molecule has 2 aromatic rings. The molecule has 1 unspecified atom stereocenters. The highest BCUT2D eigenvalue weighted by Gasteiger charge is 2.16. The standard InChI is InChI=1S/C13H21N4P/c1-15(2)10-7-8-11-12(9-10)18(17(5)6)13(14-11)16(3)4/h7-9H,1-6H3. The highest BCUT2D eigenvalue weighted by atomic mass is 31.1. The minimum Gasteiger partial charge on any atom is -0.378 e. The van der Waals surface area contributed by atoms with Gasteiger partial charge in [-0.1, -0.05) is 0 Å². The van der Waals surface area contributed by atoms with E-state index in [4.69, 9.17) is 4.98 Å². The summed E-state index contributed by atoms with van der Waals surface area (Å²) in [5.41, 5.74) is 3.52. The molecule has 0 aliphatic heterocycles. The van der Waals surface area contributed by atoms with Crippen molar-refractivity contribution in [3.8, 4) is 0 Å². The number of rotatable bonds is 3. The van der Waals surface area contributed by atoms with Gasteiger partial charge in [0.25, 0.3) is 0 Å². The van der Waals surface area contributed by atoms with Crippen LogP contribution in [-0.2, 0) is 0 Å². The lowest BCUT2D eigenvalue weighted by atomic mass is 10.3. The lowest BCUT2D eigenvalue weighted by Crippen LogP contribution is -2.12. The second-order valence-electron chi connectivity index (χ2n) is 5.03. The van der Waals surface area contributed by atoms with Crippen LogP contribution in [0.25, 0.3) is 10.6 Å². The number of aromatic nitrogens is 1. The van der Waals surface area contributed by atoms with Crippen LogP contribution < -0.4 is 14.5 Å². The van der Waals surface area contributed by atoms with Crippen molar-refractivity contribution in [2.24, 2.45) is 0 Å². The van der Waals surface area contributed by atoms with E-state index in [2.05, 4.69) is 75.0 Å². The molecule has 0 saturated carbocycles. The zero-order valence-electron chi connectivity index (χ0n) is 12.0. The Morgan fingerprint density at radius 3 is 2.11 bits per heavy atom. The van der Waals surface area contributed by atoms with Crippen molar-refractivity contribution in [3.05, 3.63) is 18.2 Å². The van der Waals surface area contributed by atoms with Gasteiger partial charge in [-0.3, -0.25) is 4.67 Å². The first kappa shape index (κ1) is 13.2. The molecular formula is C13H21N4P. The van der Waals surface area contributed by atoms with Gasteiger partial charge in [0.15, 0.2) is 5.55 Å². The summed E-state index contributed by atoms with van der Waals surface area (Å²) in [4.78, 5) is 9.03. The first-order chi connectivity index (χ1) is 8.41. The first-order valence-electron chi connectivity index (χ1n) is 5.96. The molecule has 2 rings (SSSR count). The van der Waals surface area contributed by atoms with Crippen molar-refractivity contribution in [1.29, 1.82) is 0 Å². The minimum absolute atomic E-state index is 0.481. The zero-order valence-corrected chi connectivity index (χ0v) is 12.9. The Kier molecular flexibility index (Phi) is 3.51. The Hall–Kier alpha value is -1.25. The maximum absolute atomic E-state index is 4.77. The van der Waals surface area contributed by atoms with Gasteiger partial charge in [-0.2, -0.15) is 0 Å². The number of hydrogen-bond donors (Lipinski definition) is 0. The lowest BCUT2D eigenvalue weighted by Gasteiger charge is -2.18. The van der Waals surface area contributed by atoms with Gasteiger partial charge in [-0.15, -0.1) is 0 Å². The van der Waals surface area contributed by atoms with Crippen molar-refractivity contribution in [2.45, 2.75) is 0 Å². The molecule has 0 spiro atoms. The Balaban J connectivity index is 2.71. The van der Waals surface area contributed by atoms with Gasteiger partial charge >= 0.3 is 0 Å². The summed E-state index contributed by atoms with van der Waals surface area (Å²) in [5, 5.41) is 1.35. The van der Waals surface area contributed by atoms with E-state index in [9.17, 15) is 0 Å². The van der Waals surface area contributed by atoms with Crippen LogP contribution in [0.2, 0.25) is 0 Å². The number of fused-ring (bicyclic) bond motifs is 1. The highest BCUT2D eigenvalue weighted by Crippen LogP contribution is 2.47. The van der Waals surface area contributed by atoms with Crippen LogP contribution in [0, 0.1) is 0 Å². The summed E-state index contributed by atoms with van der Waals surface area (Å²) in [6, 6.07) is 6.52. The van der Waals surface area contributed by atoms with Crippen LogP contribution in [0.1, 0.15) is 0 Å². The average molecular weight is 264 g/mol. The zero-order chi connectivity index (χ0) is 13.4. The molecule has 0 amide bonds. The molecule has 0 N–H and O–H groups in total. The first-order valence-corrected chi connectivity index (χ1v) is 7.26. The molecule has 5 heteroatoms. The van der Waals surface area contributed by atoms with E-state index in [0.717, 1.165) is 5.52 Å². The summed E-state index contributed by atoms with van der Waals surface area (Å²) >= 11 is 0. The van der Waals surface area contributed by atoms with Gasteiger partial charge in [0.05, 0.1) is 5.52 Å². The van der Waals surface area contributed by atoms with Crippen molar-refractivity contribution in [1.82, 2.24) is 4.98 Å². The second kappa shape index (κ2) is 4.79. The molecular weight excluding hydrogens is 243 g/mol. The summed E-state index contributed by atoms with van der Waals surface area (Å²) in [7, 11) is 12.0. The molecule has 4 nitrogen and oxygen atoms in total. The van der Waals surface area contributed by atoms with E-state index in [0.29, 0.717) is 0 Å². The van der Waals surface area contributed by atoms with Gasteiger partial charge in [-0.05, 0) is 32.3 Å². The molecule has 1 atom stereocenters. The topological polar surface area (TPSA) is 22.6 Å². The second-order valence-corrected chi connectivity index (χ2v) is 7.34. The third-order valence-corrected chi connectivity index (χ3v) is 5.41. The van der Waals surface area contributed by atoms with Crippen LogP contribution in [0.4, 0.5) is 11.2 Å². The van der Waals surface area contributed by atoms with Gasteiger partial charge in [0.2, 0.25) is 0 Å². The number of hydrogen-bond acceptors (Lipinski definition) is 4. The molecule has 0 fully saturated rings. The maximum atomic E-state index is 4.77. The molecule has 0 radical (unpaired) electrons. The fourth-order valence-corrected chi connectivity index (χ4v) is 4.18. The average Bonchev–Trinajstić information content (AvgIpc) is 2.66. The number of anilines is 2. The van der Waals surface area contributed by atoms with E-state index < -0.39 is 7.68 Å². The van der Waals surface area contributed by atoms with Gasteiger partial charge < -0.3 is 9.80 Å². The van der Waals surface area contributed by atoms with Crippen LogP contribution in [0.15, 0.2) is 18.2 Å². The molecule has 0 aliphatic carbocycles. The number of nitrogens with zero attached hydrogens (tertiary/aromatic N) is 4. The van der Waals surface area contributed by atoms with E-state index in [1.165, 1.54) is 16.4 Å². The predicted octanol–water partition coefficient (Wildman–Crippen LogP) is 2.55. The molecule has 18 heavy (non-hydrogen) atoms. The molecule has 0 saturated heterocycles. The van der Waals surface area contributed by atoms with Gasteiger partial charge in [-0.25, -0.2) is 4.98 Å². The molecule has 1 aromatic carbocycles. The van der Waals surface area contributed by atoms with Crippen LogP contribution in [0.3, 0.4) is 0 Å². The largest absolute Gasteiger partial charge is 0.378 e. The fourth-order valence-electron chi connectivity index (χ4n) is 2.00. The minimum atomic E-state index is -0.481.